The third-order valence-electron chi connectivity index (χ3n) is 6.47. The molecular formula is C23H16N6O2S. The van der Waals surface area contributed by atoms with E-state index in [1.165, 1.54) is 26.7 Å². The van der Waals surface area contributed by atoms with Gasteiger partial charge in [-0.15, -0.1) is 11.3 Å². The third-order valence-corrected chi connectivity index (χ3v) is 7.26. The van der Waals surface area contributed by atoms with Crippen molar-refractivity contribution in [2.45, 2.75) is 18.9 Å². The number of nitrogens with zero attached hydrogens (tertiary/aromatic N) is 6. The van der Waals surface area contributed by atoms with Gasteiger partial charge in [0.2, 0.25) is 5.89 Å². The first-order valence-electron chi connectivity index (χ1n) is 10.4. The molecule has 9 heteroatoms. The number of hydrogen-bond donors (Lipinski definition) is 0. The van der Waals surface area contributed by atoms with Crippen LogP contribution in [0.2, 0.25) is 0 Å². The Morgan fingerprint density at radius 2 is 2.16 bits per heavy atom. The Morgan fingerprint density at radius 1 is 1.19 bits per heavy atom. The second-order valence-electron chi connectivity index (χ2n) is 8.30. The molecule has 1 saturated carbocycles. The van der Waals surface area contributed by atoms with Gasteiger partial charge in [-0.2, -0.15) is 4.98 Å². The zero-order valence-corrected chi connectivity index (χ0v) is 17.6. The molecule has 4 aromatic heterocycles. The number of allylic oxidation sites excluding steroid dienone is 2. The summed E-state index contributed by atoms with van der Waals surface area (Å²) in [5, 5.41) is 4.68. The van der Waals surface area contributed by atoms with Gasteiger partial charge < -0.3 is 4.52 Å². The first-order chi connectivity index (χ1) is 15.7. The molecule has 0 amide bonds. The van der Waals surface area contributed by atoms with Crippen LogP contribution in [0, 0.1) is 11.8 Å². The highest BCUT2D eigenvalue weighted by molar-refractivity contribution is 7.16. The summed E-state index contributed by atoms with van der Waals surface area (Å²) in [5.41, 5.74) is 5.87. The van der Waals surface area contributed by atoms with Gasteiger partial charge in [-0.05, 0) is 53.7 Å². The molecule has 0 N–H and O–H groups in total. The average molecular weight is 440 g/mol. The summed E-state index contributed by atoms with van der Waals surface area (Å²) in [5.74, 6) is 2.40. The lowest BCUT2D eigenvalue weighted by Gasteiger charge is -2.05. The Balaban J connectivity index is 1.10. The summed E-state index contributed by atoms with van der Waals surface area (Å²) in [4.78, 5) is 30.0. The molecule has 0 spiro atoms. The minimum Gasteiger partial charge on any atom is -0.337 e. The second-order valence-corrected chi connectivity index (χ2v) is 9.18. The van der Waals surface area contributed by atoms with E-state index in [4.69, 9.17) is 4.52 Å². The highest BCUT2D eigenvalue weighted by Crippen LogP contribution is 2.62. The van der Waals surface area contributed by atoms with Gasteiger partial charge in [0, 0.05) is 12.1 Å². The SMILES string of the molecule is O=c1c2cccnc2ncn1Cc1nc([C@@H]2[C@H]3C=C(c4ccc5ncsc5c4)C[C@H]32)no1. The van der Waals surface area contributed by atoms with E-state index < -0.39 is 0 Å². The van der Waals surface area contributed by atoms with Crippen molar-refractivity contribution in [1.82, 2.24) is 29.7 Å². The number of benzene rings is 1. The molecule has 4 heterocycles. The van der Waals surface area contributed by atoms with Crippen molar-refractivity contribution in [3.8, 4) is 0 Å². The molecule has 32 heavy (non-hydrogen) atoms. The van der Waals surface area contributed by atoms with Gasteiger partial charge in [-0.3, -0.25) is 9.36 Å². The topological polar surface area (TPSA) is 99.6 Å². The highest BCUT2D eigenvalue weighted by Gasteiger charge is 2.55. The smallest absolute Gasteiger partial charge is 0.263 e. The third kappa shape index (κ3) is 2.74. The van der Waals surface area contributed by atoms with Crippen molar-refractivity contribution < 1.29 is 4.52 Å². The van der Waals surface area contributed by atoms with Crippen molar-refractivity contribution in [3.63, 3.8) is 0 Å². The molecule has 156 valence electrons. The molecule has 8 nitrogen and oxygen atoms in total. The zero-order valence-electron chi connectivity index (χ0n) is 16.8. The average Bonchev–Trinajstić information content (AvgIpc) is 3.30. The predicted molar refractivity (Wildman–Crippen MR) is 119 cm³/mol. The Bertz CT molecular complexity index is 1600. The fraction of sp³-hybridized carbons (Fsp3) is 0.217. The lowest BCUT2D eigenvalue weighted by molar-refractivity contribution is 0.364. The minimum absolute atomic E-state index is 0.170. The van der Waals surface area contributed by atoms with E-state index in [9.17, 15) is 4.79 Å². The molecule has 1 fully saturated rings. The maximum absolute atomic E-state index is 12.7. The van der Waals surface area contributed by atoms with Crippen LogP contribution in [-0.2, 0) is 6.54 Å². The van der Waals surface area contributed by atoms with E-state index in [1.807, 2.05) is 5.51 Å². The first kappa shape index (κ1) is 17.9. The van der Waals surface area contributed by atoms with E-state index in [2.05, 4.69) is 49.4 Å². The normalized spacial score (nSPS) is 21.8. The standard InChI is InChI=1S/C23H16N6O2S/c30-23-14-2-1-5-24-21(14)25-10-29(23)9-19-27-22(28-31-19)20-15-6-13(7-16(15)20)12-3-4-17-18(8-12)32-11-26-17/h1-6,8,10-11,15-16,20H,7,9H2/t15-,16+,20+/m0/s1. The highest BCUT2D eigenvalue weighted by atomic mass is 32.1. The summed E-state index contributed by atoms with van der Waals surface area (Å²) >= 11 is 1.67. The van der Waals surface area contributed by atoms with E-state index in [1.54, 1.807) is 29.7 Å². The summed E-state index contributed by atoms with van der Waals surface area (Å²) in [7, 11) is 0. The minimum atomic E-state index is -0.170. The summed E-state index contributed by atoms with van der Waals surface area (Å²) < 4.78 is 8.16. The molecule has 0 aliphatic heterocycles. The molecule has 0 saturated heterocycles. The molecule has 3 atom stereocenters. The van der Waals surface area contributed by atoms with Crippen LogP contribution < -0.4 is 5.56 Å². The number of aromatic nitrogens is 6. The Kier molecular flexibility index (Phi) is 3.71. The number of rotatable bonds is 4. The lowest BCUT2D eigenvalue weighted by atomic mass is 10.0. The van der Waals surface area contributed by atoms with Crippen LogP contribution >= 0.6 is 11.3 Å². The number of hydrogen-bond acceptors (Lipinski definition) is 8. The predicted octanol–water partition coefficient (Wildman–Crippen LogP) is 3.65. The van der Waals surface area contributed by atoms with Gasteiger partial charge in [0.1, 0.15) is 12.9 Å². The molecule has 0 radical (unpaired) electrons. The van der Waals surface area contributed by atoms with Crippen molar-refractivity contribution >= 4 is 38.2 Å². The van der Waals surface area contributed by atoms with E-state index in [-0.39, 0.29) is 12.1 Å². The quantitative estimate of drug-likeness (QED) is 0.420. The van der Waals surface area contributed by atoms with Gasteiger partial charge >= 0.3 is 0 Å². The zero-order chi connectivity index (χ0) is 21.2. The van der Waals surface area contributed by atoms with Gasteiger partial charge in [-0.1, -0.05) is 17.3 Å². The van der Waals surface area contributed by atoms with E-state index >= 15 is 0 Å². The second kappa shape index (κ2) is 6.64. The number of thiazole rings is 1. The maximum Gasteiger partial charge on any atom is 0.263 e. The molecule has 7 rings (SSSR count). The van der Waals surface area contributed by atoms with Gasteiger partial charge in [0.15, 0.2) is 11.5 Å². The molecule has 2 aliphatic rings. The van der Waals surface area contributed by atoms with E-state index in [0.29, 0.717) is 34.7 Å². The fourth-order valence-electron chi connectivity index (χ4n) is 4.80. The van der Waals surface area contributed by atoms with Crippen molar-refractivity contribution in [1.29, 1.82) is 0 Å². The molecular weight excluding hydrogens is 424 g/mol. The largest absolute Gasteiger partial charge is 0.337 e. The van der Waals surface area contributed by atoms with Crippen LogP contribution in [0.3, 0.4) is 0 Å². The molecule has 5 aromatic rings. The van der Waals surface area contributed by atoms with Crippen LogP contribution in [0.4, 0.5) is 0 Å². The fourth-order valence-corrected chi connectivity index (χ4v) is 5.52. The molecule has 1 aromatic carbocycles. The number of pyridine rings is 1. The monoisotopic (exact) mass is 440 g/mol. The molecule has 0 unspecified atom stereocenters. The van der Waals surface area contributed by atoms with Gasteiger partial charge in [-0.25, -0.2) is 15.0 Å². The van der Waals surface area contributed by atoms with Gasteiger partial charge in [0.05, 0.1) is 21.1 Å². The summed E-state index contributed by atoms with van der Waals surface area (Å²) in [6.45, 7) is 0.196. The van der Waals surface area contributed by atoms with Crippen molar-refractivity contribution in [2.75, 3.05) is 0 Å². The van der Waals surface area contributed by atoms with E-state index in [0.717, 1.165) is 17.8 Å². The van der Waals surface area contributed by atoms with Crippen molar-refractivity contribution in [2.24, 2.45) is 11.8 Å². The lowest BCUT2D eigenvalue weighted by Crippen LogP contribution is -2.21. The maximum atomic E-state index is 12.7. The Morgan fingerprint density at radius 3 is 3.06 bits per heavy atom. The Hall–Kier alpha value is -3.72. The molecule has 2 aliphatic carbocycles. The van der Waals surface area contributed by atoms with Crippen LogP contribution in [-0.4, -0.2) is 29.7 Å². The summed E-state index contributed by atoms with van der Waals surface area (Å²) in [6.07, 6.45) is 6.47. The number of fused-ring (bicyclic) bond motifs is 3. The Labute approximate surface area is 185 Å². The van der Waals surface area contributed by atoms with Crippen LogP contribution in [0.1, 0.15) is 29.6 Å². The van der Waals surface area contributed by atoms with Crippen LogP contribution in [0.25, 0.3) is 26.8 Å². The first-order valence-corrected chi connectivity index (χ1v) is 11.3. The van der Waals surface area contributed by atoms with Crippen LogP contribution in [0.5, 0.6) is 0 Å². The van der Waals surface area contributed by atoms with Crippen LogP contribution in [0.15, 0.2) is 63.8 Å². The van der Waals surface area contributed by atoms with Crippen molar-refractivity contribution in [3.05, 3.63) is 82.1 Å². The van der Waals surface area contributed by atoms with Gasteiger partial charge in [0.25, 0.3) is 5.56 Å². The molecule has 0 bridgehead atoms. The summed E-state index contributed by atoms with van der Waals surface area (Å²) in [6, 6.07) is 9.93.